The van der Waals surface area contributed by atoms with Crippen molar-refractivity contribution in [3.05, 3.63) is 54.1 Å². The minimum absolute atomic E-state index is 0.319. The molecule has 2 aliphatic carbocycles. The van der Waals surface area contributed by atoms with E-state index in [-0.39, 0.29) is 0 Å². The summed E-state index contributed by atoms with van der Waals surface area (Å²) in [6.45, 7) is 2.66. The number of para-hydroxylation sites is 1. The number of hydrogen-bond donors (Lipinski definition) is 2. The highest BCUT2D eigenvalue weighted by molar-refractivity contribution is 5.94. The fourth-order valence-electron chi connectivity index (χ4n) is 1.68. The van der Waals surface area contributed by atoms with E-state index >= 15 is 0 Å². The van der Waals surface area contributed by atoms with Gasteiger partial charge >= 0.3 is 5.97 Å². The maximum atomic E-state index is 10.7. The van der Waals surface area contributed by atoms with Crippen LogP contribution in [0.2, 0.25) is 0 Å². The Hall–Kier alpha value is -2.29. The van der Waals surface area contributed by atoms with Crippen molar-refractivity contribution in [2.75, 3.05) is 11.9 Å². The molecule has 0 saturated carbocycles. The zero-order valence-electron chi connectivity index (χ0n) is 10.2. The van der Waals surface area contributed by atoms with E-state index in [0.717, 1.165) is 6.54 Å². The average Bonchev–Trinajstić information content (AvgIpc) is 2.35. The fourth-order valence-corrected chi connectivity index (χ4v) is 1.68. The molecule has 0 aliphatic heterocycles. The Bertz CT molecular complexity index is 526. The summed E-state index contributed by atoms with van der Waals surface area (Å²) in [5, 5.41) is 11.7. The number of fused-ring (bicyclic) bond motifs is 1. The Balaban J connectivity index is 0.000000164. The maximum absolute atomic E-state index is 10.7. The minimum atomic E-state index is -0.897. The Kier molecular flexibility index (Phi) is 3.63. The molecule has 18 heavy (non-hydrogen) atoms. The second-order valence-corrected chi connectivity index (χ2v) is 3.96. The molecule has 0 atom stereocenters. The number of hydrogen-bond acceptors (Lipinski definition) is 2. The summed E-state index contributed by atoms with van der Waals surface area (Å²) >= 11 is 0. The minimum Gasteiger partial charge on any atom is -0.478 e. The molecule has 0 heterocycles. The molecule has 1 aromatic carbocycles. The third kappa shape index (κ3) is 2.51. The third-order valence-corrected chi connectivity index (χ3v) is 2.74. The molecule has 2 N–H and O–H groups in total. The van der Waals surface area contributed by atoms with Crippen molar-refractivity contribution in [2.24, 2.45) is 0 Å². The SMILES string of the molecule is CCNc1ccccc1C(=O)O.c1cc2ccc1-2. The second-order valence-electron chi connectivity index (χ2n) is 3.96. The Morgan fingerprint density at radius 1 is 1.06 bits per heavy atom. The zero-order valence-corrected chi connectivity index (χ0v) is 10.2. The van der Waals surface area contributed by atoms with Crippen LogP contribution in [0.1, 0.15) is 17.3 Å². The fraction of sp³-hybridized carbons (Fsp3) is 0.133. The normalized spacial score (nSPS) is 10.1. The first-order valence-corrected chi connectivity index (χ1v) is 5.89. The highest BCUT2D eigenvalue weighted by Crippen LogP contribution is 2.29. The zero-order chi connectivity index (χ0) is 13.0. The standard InChI is InChI=1S/C9H11NO2.C6H4/c1-2-10-8-6-4-3-5-7(8)9(11)12;1-2-6-4-3-5(1)6/h3-6,10H,2H2,1H3,(H,11,12);1-4H. The van der Waals surface area contributed by atoms with Crippen LogP contribution in [0.3, 0.4) is 0 Å². The van der Waals surface area contributed by atoms with E-state index in [1.54, 1.807) is 18.2 Å². The second kappa shape index (κ2) is 5.36. The van der Waals surface area contributed by atoms with Crippen molar-refractivity contribution >= 4 is 11.7 Å². The number of nitrogens with one attached hydrogen (secondary N) is 1. The van der Waals surface area contributed by atoms with Gasteiger partial charge in [0.1, 0.15) is 0 Å². The summed E-state index contributed by atoms with van der Waals surface area (Å²) in [7, 11) is 0. The number of aromatic carboxylic acids is 1. The van der Waals surface area contributed by atoms with Crippen molar-refractivity contribution in [1.29, 1.82) is 0 Å². The number of carboxylic acid groups (broad SMARTS) is 1. The van der Waals surface area contributed by atoms with Gasteiger partial charge in [-0.05, 0) is 30.2 Å². The lowest BCUT2D eigenvalue weighted by molar-refractivity contribution is 0.0698. The number of rotatable bonds is 3. The van der Waals surface area contributed by atoms with E-state index in [4.69, 9.17) is 5.11 Å². The monoisotopic (exact) mass is 241 g/mol. The van der Waals surface area contributed by atoms with Gasteiger partial charge in [0.2, 0.25) is 0 Å². The molecule has 0 bridgehead atoms. The molecule has 1 aromatic rings. The van der Waals surface area contributed by atoms with Gasteiger partial charge in [-0.25, -0.2) is 4.79 Å². The maximum Gasteiger partial charge on any atom is 0.337 e. The van der Waals surface area contributed by atoms with Crippen LogP contribution in [0.15, 0.2) is 48.5 Å². The number of carboxylic acids is 1. The van der Waals surface area contributed by atoms with Gasteiger partial charge in [-0.2, -0.15) is 0 Å². The van der Waals surface area contributed by atoms with E-state index in [1.165, 1.54) is 11.1 Å². The lowest BCUT2D eigenvalue weighted by atomic mass is 9.95. The number of benzene rings is 2. The van der Waals surface area contributed by atoms with Crippen molar-refractivity contribution in [3.63, 3.8) is 0 Å². The van der Waals surface area contributed by atoms with Crippen LogP contribution in [0.25, 0.3) is 11.1 Å². The molecule has 3 nitrogen and oxygen atoms in total. The summed E-state index contributed by atoms with van der Waals surface area (Å²) < 4.78 is 0. The third-order valence-electron chi connectivity index (χ3n) is 2.74. The Morgan fingerprint density at radius 2 is 1.61 bits per heavy atom. The van der Waals surface area contributed by atoms with E-state index in [9.17, 15) is 4.79 Å². The molecule has 0 radical (unpaired) electrons. The molecule has 0 spiro atoms. The van der Waals surface area contributed by atoms with Gasteiger partial charge in [0.15, 0.2) is 0 Å². The average molecular weight is 241 g/mol. The van der Waals surface area contributed by atoms with Crippen molar-refractivity contribution in [2.45, 2.75) is 6.92 Å². The molecular formula is C15H15NO2. The summed E-state index contributed by atoms with van der Waals surface area (Å²) in [5.41, 5.74) is 3.84. The molecule has 0 fully saturated rings. The van der Waals surface area contributed by atoms with E-state index < -0.39 is 5.97 Å². The first-order valence-electron chi connectivity index (χ1n) is 5.89. The molecule has 2 aliphatic rings. The molecule has 0 aromatic heterocycles. The van der Waals surface area contributed by atoms with E-state index in [0.29, 0.717) is 11.3 Å². The Morgan fingerprint density at radius 3 is 2.00 bits per heavy atom. The van der Waals surface area contributed by atoms with Crippen LogP contribution in [0, 0.1) is 0 Å². The van der Waals surface area contributed by atoms with Gasteiger partial charge in [0.25, 0.3) is 0 Å². The van der Waals surface area contributed by atoms with Crippen molar-refractivity contribution < 1.29 is 9.90 Å². The predicted molar refractivity (Wildman–Crippen MR) is 73.0 cm³/mol. The predicted octanol–water partition coefficient (Wildman–Crippen LogP) is 3.48. The van der Waals surface area contributed by atoms with Crippen molar-refractivity contribution in [3.8, 4) is 11.1 Å². The first-order chi connectivity index (χ1) is 8.72. The molecule has 3 heteroatoms. The van der Waals surface area contributed by atoms with Crippen LogP contribution < -0.4 is 5.32 Å². The summed E-state index contributed by atoms with van der Waals surface area (Å²) in [4.78, 5) is 10.7. The quantitative estimate of drug-likeness (QED) is 0.738. The number of anilines is 1. The molecule has 0 unspecified atom stereocenters. The van der Waals surface area contributed by atoms with Crippen LogP contribution in [-0.4, -0.2) is 17.6 Å². The number of carbonyl (C=O) groups is 1. The lowest BCUT2D eigenvalue weighted by Crippen LogP contribution is -2.04. The van der Waals surface area contributed by atoms with Crippen LogP contribution >= 0.6 is 0 Å². The highest BCUT2D eigenvalue weighted by Gasteiger charge is 2.06. The smallest absolute Gasteiger partial charge is 0.337 e. The summed E-state index contributed by atoms with van der Waals surface area (Å²) in [6, 6.07) is 15.3. The van der Waals surface area contributed by atoms with Gasteiger partial charge in [0, 0.05) is 12.2 Å². The molecule has 3 rings (SSSR count). The van der Waals surface area contributed by atoms with E-state index in [2.05, 4.69) is 29.6 Å². The Labute approximate surface area is 106 Å². The van der Waals surface area contributed by atoms with Crippen LogP contribution in [0.5, 0.6) is 0 Å². The topological polar surface area (TPSA) is 49.3 Å². The van der Waals surface area contributed by atoms with Gasteiger partial charge in [0.05, 0.1) is 5.56 Å². The van der Waals surface area contributed by atoms with Gasteiger partial charge in [-0.3, -0.25) is 0 Å². The lowest BCUT2D eigenvalue weighted by Gasteiger charge is -2.10. The summed E-state index contributed by atoms with van der Waals surface area (Å²) in [5.74, 6) is -0.897. The van der Waals surface area contributed by atoms with Crippen molar-refractivity contribution in [1.82, 2.24) is 0 Å². The highest BCUT2D eigenvalue weighted by atomic mass is 16.4. The van der Waals surface area contributed by atoms with E-state index in [1.807, 2.05) is 13.0 Å². The summed E-state index contributed by atoms with van der Waals surface area (Å²) in [6.07, 6.45) is 0. The molecule has 92 valence electrons. The van der Waals surface area contributed by atoms with Gasteiger partial charge in [-0.15, -0.1) is 0 Å². The van der Waals surface area contributed by atoms with Crippen LogP contribution in [-0.2, 0) is 0 Å². The molecule has 0 saturated heterocycles. The first kappa shape index (κ1) is 12.2. The van der Waals surface area contributed by atoms with Crippen LogP contribution in [0.4, 0.5) is 5.69 Å². The molecular weight excluding hydrogens is 226 g/mol. The largest absolute Gasteiger partial charge is 0.478 e. The molecule has 0 amide bonds. The van der Waals surface area contributed by atoms with Gasteiger partial charge < -0.3 is 10.4 Å². The van der Waals surface area contributed by atoms with Gasteiger partial charge in [-0.1, -0.05) is 36.4 Å².